The van der Waals surface area contributed by atoms with Gasteiger partial charge in [0.2, 0.25) is 0 Å². The fourth-order valence-corrected chi connectivity index (χ4v) is 1.27. The highest BCUT2D eigenvalue weighted by Crippen LogP contribution is 2.13. The molecule has 0 saturated heterocycles. The highest BCUT2D eigenvalue weighted by molar-refractivity contribution is 5.67. The molecule has 0 amide bonds. The molecule has 0 aromatic heterocycles. The van der Waals surface area contributed by atoms with Crippen molar-refractivity contribution in [3.05, 3.63) is 42.0 Å². The summed E-state index contributed by atoms with van der Waals surface area (Å²) >= 11 is 0. The van der Waals surface area contributed by atoms with Gasteiger partial charge < -0.3 is 4.74 Å². The molecule has 0 bridgehead atoms. The summed E-state index contributed by atoms with van der Waals surface area (Å²) in [5.74, 6) is -0.266. The van der Waals surface area contributed by atoms with E-state index in [9.17, 15) is 4.79 Å². The normalized spacial score (nSPS) is 11.7. The molecule has 0 heterocycles. The molecule has 0 aliphatic heterocycles. The molecule has 0 spiro atoms. The summed E-state index contributed by atoms with van der Waals surface area (Å²) in [7, 11) is 0. The Labute approximate surface area is 90.6 Å². The Morgan fingerprint density at radius 1 is 1.27 bits per heavy atom. The summed E-state index contributed by atoms with van der Waals surface area (Å²) in [4.78, 5) is 10.8. The lowest BCUT2D eigenvalue weighted by molar-refractivity contribution is -0.149. The highest BCUT2D eigenvalue weighted by atomic mass is 16.6. The second kappa shape index (κ2) is 4.78. The maximum atomic E-state index is 10.8. The zero-order valence-corrected chi connectivity index (χ0v) is 9.36. The van der Waals surface area contributed by atoms with Crippen LogP contribution >= 0.6 is 0 Å². The summed E-state index contributed by atoms with van der Waals surface area (Å²) in [6.07, 6.45) is 3.83. The molecule has 0 N–H and O–H groups in total. The van der Waals surface area contributed by atoms with Crippen molar-refractivity contribution in [2.24, 2.45) is 0 Å². The van der Waals surface area contributed by atoms with Crippen molar-refractivity contribution in [2.75, 3.05) is 0 Å². The quantitative estimate of drug-likeness (QED) is 0.707. The summed E-state index contributed by atoms with van der Waals surface area (Å²) in [5, 5.41) is 0. The van der Waals surface area contributed by atoms with E-state index in [4.69, 9.17) is 4.74 Å². The van der Waals surface area contributed by atoms with E-state index in [1.165, 1.54) is 6.92 Å². The van der Waals surface area contributed by atoms with Crippen molar-refractivity contribution in [1.82, 2.24) is 0 Å². The Morgan fingerprint density at radius 3 is 2.40 bits per heavy atom. The number of hydrogen-bond donors (Lipinski definition) is 0. The van der Waals surface area contributed by atoms with Crippen molar-refractivity contribution in [3.63, 3.8) is 0 Å². The molecule has 1 rings (SSSR count). The van der Waals surface area contributed by atoms with Gasteiger partial charge in [-0.25, -0.2) is 0 Å². The van der Waals surface area contributed by atoms with Crippen molar-refractivity contribution in [1.29, 1.82) is 0 Å². The molecule has 0 atom stereocenters. The van der Waals surface area contributed by atoms with Crippen LogP contribution in [0.1, 0.15) is 26.3 Å². The molecule has 15 heavy (non-hydrogen) atoms. The average Bonchev–Trinajstić information content (AvgIpc) is 2.15. The zero-order chi connectivity index (χ0) is 11.3. The van der Waals surface area contributed by atoms with Gasteiger partial charge in [-0.3, -0.25) is 4.79 Å². The van der Waals surface area contributed by atoms with Crippen molar-refractivity contribution < 1.29 is 9.53 Å². The van der Waals surface area contributed by atoms with Gasteiger partial charge in [-0.15, -0.1) is 0 Å². The standard InChI is InChI=1S/C13H16O2/c1-11(14)15-13(2,3)10-9-12-7-5-4-6-8-12/h4-10H,1-3H3. The summed E-state index contributed by atoms with van der Waals surface area (Å²) in [5.41, 5.74) is 0.541. The Bertz CT molecular complexity index is 350. The lowest BCUT2D eigenvalue weighted by Crippen LogP contribution is -2.23. The average molecular weight is 204 g/mol. The van der Waals surface area contributed by atoms with E-state index < -0.39 is 5.60 Å². The molecule has 2 heteroatoms. The van der Waals surface area contributed by atoms with Crippen LogP contribution < -0.4 is 0 Å². The summed E-state index contributed by atoms with van der Waals surface area (Å²) in [6, 6.07) is 9.91. The van der Waals surface area contributed by atoms with Crippen LogP contribution in [0.5, 0.6) is 0 Å². The van der Waals surface area contributed by atoms with Crippen LogP contribution in [0.3, 0.4) is 0 Å². The molecular formula is C13H16O2. The first-order valence-electron chi connectivity index (χ1n) is 4.93. The van der Waals surface area contributed by atoms with E-state index in [2.05, 4.69) is 0 Å². The third-order valence-corrected chi connectivity index (χ3v) is 1.88. The maximum absolute atomic E-state index is 10.8. The topological polar surface area (TPSA) is 26.3 Å². The second-order valence-electron chi connectivity index (χ2n) is 3.94. The van der Waals surface area contributed by atoms with Crippen LogP contribution in [0, 0.1) is 0 Å². The van der Waals surface area contributed by atoms with E-state index in [0.29, 0.717) is 0 Å². The van der Waals surface area contributed by atoms with E-state index in [1.807, 2.05) is 56.3 Å². The molecule has 0 radical (unpaired) electrons. The first-order valence-corrected chi connectivity index (χ1v) is 4.93. The highest BCUT2D eigenvalue weighted by Gasteiger charge is 2.16. The lowest BCUT2D eigenvalue weighted by Gasteiger charge is -2.19. The van der Waals surface area contributed by atoms with Crippen molar-refractivity contribution in [2.45, 2.75) is 26.4 Å². The van der Waals surface area contributed by atoms with Gasteiger partial charge in [0.05, 0.1) is 0 Å². The van der Waals surface area contributed by atoms with Crippen LogP contribution in [-0.4, -0.2) is 11.6 Å². The Balaban J connectivity index is 2.68. The number of carbonyl (C=O) groups is 1. The number of hydrogen-bond acceptors (Lipinski definition) is 2. The molecule has 0 aliphatic carbocycles. The van der Waals surface area contributed by atoms with Crippen molar-refractivity contribution in [3.8, 4) is 0 Å². The van der Waals surface area contributed by atoms with Gasteiger partial charge in [0.25, 0.3) is 0 Å². The lowest BCUT2D eigenvalue weighted by atomic mass is 10.1. The molecule has 0 fully saturated rings. The summed E-state index contributed by atoms with van der Waals surface area (Å²) < 4.78 is 5.13. The van der Waals surface area contributed by atoms with Gasteiger partial charge in [0, 0.05) is 6.92 Å². The first kappa shape index (κ1) is 11.5. The van der Waals surface area contributed by atoms with Gasteiger partial charge in [-0.1, -0.05) is 36.4 Å². The molecular weight excluding hydrogens is 188 g/mol. The van der Waals surface area contributed by atoms with Gasteiger partial charge in [0.1, 0.15) is 5.60 Å². The van der Waals surface area contributed by atoms with Crippen LogP contribution in [0.2, 0.25) is 0 Å². The van der Waals surface area contributed by atoms with E-state index >= 15 is 0 Å². The Kier molecular flexibility index (Phi) is 3.67. The summed E-state index contributed by atoms with van der Waals surface area (Å²) in [6.45, 7) is 5.12. The maximum Gasteiger partial charge on any atom is 0.303 e. The fourth-order valence-electron chi connectivity index (χ4n) is 1.27. The number of esters is 1. The van der Waals surface area contributed by atoms with Crippen LogP contribution in [0.4, 0.5) is 0 Å². The molecule has 0 unspecified atom stereocenters. The Morgan fingerprint density at radius 2 is 1.87 bits per heavy atom. The van der Waals surface area contributed by atoms with E-state index in [0.717, 1.165) is 5.56 Å². The fraction of sp³-hybridized carbons (Fsp3) is 0.308. The predicted octanol–water partition coefficient (Wildman–Crippen LogP) is 3.04. The molecule has 0 aliphatic rings. The van der Waals surface area contributed by atoms with E-state index in [1.54, 1.807) is 0 Å². The molecule has 2 nitrogen and oxygen atoms in total. The van der Waals surface area contributed by atoms with E-state index in [-0.39, 0.29) is 5.97 Å². The van der Waals surface area contributed by atoms with Crippen LogP contribution in [0.15, 0.2) is 36.4 Å². The number of ether oxygens (including phenoxy) is 1. The minimum atomic E-state index is -0.554. The first-order chi connectivity index (χ1) is 6.99. The molecule has 80 valence electrons. The largest absolute Gasteiger partial charge is 0.456 e. The molecule has 1 aromatic carbocycles. The smallest absolute Gasteiger partial charge is 0.303 e. The van der Waals surface area contributed by atoms with Gasteiger partial charge >= 0.3 is 5.97 Å². The van der Waals surface area contributed by atoms with Gasteiger partial charge in [0.15, 0.2) is 0 Å². The minimum absolute atomic E-state index is 0.266. The SMILES string of the molecule is CC(=O)OC(C)(C)C=Cc1ccccc1. The van der Waals surface area contributed by atoms with Crippen molar-refractivity contribution >= 4 is 12.0 Å². The molecule has 0 saturated carbocycles. The van der Waals surface area contributed by atoms with Crippen LogP contribution in [0.25, 0.3) is 6.08 Å². The van der Waals surface area contributed by atoms with Gasteiger partial charge in [-0.05, 0) is 25.5 Å². The predicted molar refractivity (Wildman–Crippen MR) is 61.3 cm³/mol. The van der Waals surface area contributed by atoms with Gasteiger partial charge in [-0.2, -0.15) is 0 Å². The zero-order valence-electron chi connectivity index (χ0n) is 9.36. The van der Waals surface area contributed by atoms with Crippen LogP contribution in [-0.2, 0) is 9.53 Å². The minimum Gasteiger partial charge on any atom is -0.456 e. The second-order valence-corrected chi connectivity index (χ2v) is 3.94. The number of benzene rings is 1. The molecule has 1 aromatic rings. The number of rotatable bonds is 3. The third-order valence-electron chi connectivity index (χ3n) is 1.88. The number of carbonyl (C=O) groups excluding carboxylic acids is 1. The monoisotopic (exact) mass is 204 g/mol. The Hall–Kier alpha value is -1.57. The third kappa shape index (κ3) is 4.45.